The van der Waals surface area contributed by atoms with Crippen LogP contribution in [0, 0.1) is 5.92 Å². The maximum absolute atomic E-state index is 12.2. The van der Waals surface area contributed by atoms with Crippen molar-refractivity contribution in [1.82, 2.24) is 4.90 Å². The fraction of sp³-hybridized carbons (Fsp3) is 0.467. The van der Waals surface area contributed by atoms with E-state index in [2.05, 4.69) is 5.32 Å². The van der Waals surface area contributed by atoms with Crippen molar-refractivity contribution < 1.29 is 14.3 Å². The van der Waals surface area contributed by atoms with Crippen LogP contribution in [0.15, 0.2) is 24.3 Å². The van der Waals surface area contributed by atoms with Crippen molar-refractivity contribution >= 4 is 29.1 Å². The van der Waals surface area contributed by atoms with Crippen LogP contribution in [0.5, 0.6) is 0 Å². The smallest absolute Gasteiger partial charge is 0.229 e. The van der Waals surface area contributed by atoms with E-state index >= 15 is 0 Å². The number of methoxy groups -OCH3 is 1. The van der Waals surface area contributed by atoms with Gasteiger partial charge in [-0.2, -0.15) is 0 Å². The van der Waals surface area contributed by atoms with Gasteiger partial charge in [-0.1, -0.05) is 11.6 Å². The molecule has 114 valence electrons. The fourth-order valence-corrected chi connectivity index (χ4v) is 2.57. The Hall–Kier alpha value is -1.59. The van der Waals surface area contributed by atoms with Gasteiger partial charge in [-0.15, -0.1) is 0 Å². The van der Waals surface area contributed by atoms with Crippen LogP contribution in [-0.2, 0) is 14.3 Å². The minimum Gasteiger partial charge on any atom is -0.383 e. The van der Waals surface area contributed by atoms with Crippen molar-refractivity contribution in [2.45, 2.75) is 19.4 Å². The summed E-state index contributed by atoms with van der Waals surface area (Å²) in [5, 5.41) is 3.43. The molecule has 1 N–H and O–H groups in total. The van der Waals surface area contributed by atoms with Gasteiger partial charge in [0.05, 0.1) is 18.6 Å². The van der Waals surface area contributed by atoms with E-state index in [4.69, 9.17) is 16.3 Å². The molecule has 0 radical (unpaired) electrons. The Balaban J connectivity index is 1.95. The molecule has 0 aromatic heterocycles. The Labute approximate surface area is 129 Å². The summed E-state index contributed by atoms with van der Waals surface area (Å²) in [4.78, 5) is 25.9. The number of anilines is 1. The lowest BCUT2D eigenvalue weighted by molar-refractivity contribution is -0.130. The van der Waals surface area contributed by atoms with Crippen LogP contribution in [0.4, 0.5) is 5.69 Å². The SMILES string of the molecule is COC[C@@H](C)N1C[C@H](C(=O)Nc2ccc(Cl)cc2)CC1=O. The van der Waals surface area contributed by atoms with Crippen molar-refractivity contribution in [2.24, 2.45) is 5.92 Å². The number of hydrogen-bond donors (Lipinski definition) is 1. The molecule has 2 rings (SSSR count). The summed E-state index contributed by atoms with van der Waals surface area (Å²) in [5.41, 5.74) is 0.681. The Morgan fingerprint density at radius 2 is 2.14 bits per heavy atom. The van der Waals surface area contributed by atoms with Gasteiger partial charge in [-0.05, 0) is 31.2 Å². The average Bonchev–Trinajstić information content (AvgIpc) is 2.84. The van der Waals surface area contributed by atoms with E-state index in [1.807, 2.05) is 6.92 Å². The molecule has 1 aliphatic rings. The van der Waals surface area contributed by atoms with Gasteiger partial charge in [-0.25, -0.2) is 0 Å². The fourth-order valence-electron chi connectivity index (χ4n) is 2.44. The minimum atomic E-state index is -0.326. The lowest BCUT2D eigenvalue weighted by atomic mass is 10.1. The van der Waals surface area contributed by atoms with Gasteiger partial charge in [0, 0.05) is 30.8 Å². The van der Waals surface area contributed by atoms with Crippen LogP contribution >= 0.6 is 11.6 Å². The maximum Gasteiger partial charge on any atom is 0.229 e. The van der Waals surface area contributed by atoms with E-state index in [0.717, 1.165) is 0 Å². The summed E-state index contributed by atoms with van der Waals surface area (Å²) in [6.45, 7) is 2.82. The summed E-state index contributed by atoms with van der Waals surface area (Å²) >= 11 is 5.80. The number of carbonyl (C=O) groups is 2. The van der Waals surface area contributed by atoms with Crippen molar-refractivity contribution in [3.05, 3.63) is 29.3 Å². The summed E-state index contributed by atoms with van der Waals surface area (Å²) in [5.74, 6) is -0.471. The predicted octanol–water partition coefficient (Wildman–Crippen LogP) is 2.16. The molecule has 1 aromatic carbocycles. The highest BCUT2D eigenvalue weighted by atomic mass is 35.5. The molecular formula is C15H19ClN2O3. The minimum absolute atomic E-state index is 0.00388. The number of carbonyl (C=O) groups excluding carboxylic acids is 2. The zero-order chi connectivity index (χ0) is 15.4. The number of nitrogens with one attached hydrogen (secondary N) is 1. The van der Waals surface area contributed by atoms with Gasteiger partial charge in [0.1, 0.15) is 0 Å². The highest BCUT2D eigenvalue weighted by Gasteiger charge is 2.36. The van der Waals surface area contributed by atoms with Crippen LogP contribution in [0.2, 0.25) is 5.02 Å². The first-order valence-electron chi connectivity index (χ1n) is 6.86. The standard InChI is InChI=1S/C15H19ClN2O3/c1-10(9-21-2)18-8-11(7-14(18)19)15(20)17-13-5-3-12(16)4-6-13/h3-6,10-11H,7-9H2,1-2H3,(H,17,20)/t10-,11-/m1/s1. The molecule has 0 saturated carbocycles. The second kappa shape index (κ2) is 6.91. The van der Waals surface area contributed by atoms with E-state index in [1.165, 1.54) is 0 Å². The Bertz CT molecular complexity index is 518. The molecule has 5 nitrogen and oxygen atoms in total. The average molecular weight is 311 g/mol. The second-order valence-electron chi connectivity index (χ2n) is 5.25. The van der Waals surface area contributed by atoms with E-state index in [9.17, 15) is 9.59 Å². The monoisotopic (exact) mass is 310 g/mol. The Kier molecular flexibility index (Phi) is 5.20. The van der Waals surface area contributed by atoms with Gasteiger partial charge in [0.15, 0.2) is 0 Å². The topological polar surface area (TPSA) is 58.6 Å². The summed E-state index contributed by atoms with van der Waals surface area (Å²) < 4.78 is 5.06. The van der Waals surface area contributed by atoms with Crippen molar-refractivity contribution in [1.29, 1.82) is 0 Å². The molecular weight excluding hydrogens is 292 g/mol. The van der Waals surface area contributed by atoms with Crippen LogP contribution in [-0.4, -0.2) is 43.0 Å². The molecule has 0 bridgehead atoms. The maximum atomic E-state index is 12.2. The highest BCUT2D eigenvalue weighted by molar-refractivity contribution is 6.30. The molecule has 21 heavy (non-hydrogen) atoms. The molecule has 2 amide bonds. The summed E-state index contributed by atoms with van der Waals surface area (Å²) in [6, 6.07) is 6.88. The van der Waals surface area contributed by atoms with Gasteiger partial charge >= 0.3 is 0 Å². The number of halogens is 1. The van der Waals surface area contributed by atoms with Crippen molar-refractivity contribution in [2.75, 3.05) is 25.6 Å². The van der Waals surface area contributed by atoms with Crippen LogP contribution in [0.1, 0.15) is 13.3 Å². The summed E-state index contributed by atoms with van der Waals surface area (Å²) in [7, 11) is 1.60. The van der Waals surface area contributed by atoms with Gasteiger partial charge in [0.2, 0.25) is 11.8 Å². The molecule has 6 heteroatoms. The van der Waals surface area contributed by atoms with Crippen molar-refractivity contribution in [3.63, 3.8) is 0 Å². The number of likely N-dealkylation sites (tertiary alicyclic amines) is 1. The van der Waals surface area contributed by atoms with Crippen molar-refractivity contribution in [3.8, 4) is 0 Å². The zero-order valence-corrected chi connectivity index (χ0v) is 12.9. The van der Waals surface area contributed by atoms with E-state index < -0.39 is 0 Å². The molecule has 0 unspecified atom stereocenters. The Morgan fingerprint density at radius 1 is 1.48 bits per heavy atom. The molecule has 2 atom stereocenters. The van der Waals surface area contributed by atoms with E-state index in [1.54, 1.807) is 36.3 Å². The second-order valence-corrected chi connectivity index (χ2v) is 5.68. The highest BCUT2D eigenvalue weighted by Crippen LogP contribution is 2.22. The lowest BCUT2D eigenvalue weighted by Gasteiger charge is -2.23. The zero-order valence-electron chi connectivity index (χ0n) is 12.1. The van der Waals surface area contributed by atoms with E-state index in [0.29, 0.717) is 23.9 Å². The third-order valence-corrected chi connectivity index (χ3v) is 3.83. The van der Waals surface area contributed by atoms with E-state index in [-0.39, 0.29) is 30.2 Å². The first kappa shape index (κ1) is 15.8. The number of nitrogens with zero attached hydrogens (tertiary/aromatic N) is 1. The Morgan fingerprint density at radius 3 is 2.76 bits per heavy atom. The third-order valence-electron chi connectivity index (χ3n) is 3.58. The number of rotatable bonds is 5. The van der Waals surface area contributed by atoms with Gasteiger partial charge in [-0.3, -0.25) is 9.59 Å². The van der Waals surface area contributed by atoms with Gasteiger partial charge < -0.3 is 15.0 Å². The first-order valence-corrected chi connectivity index (χ1v) is 7.24. The normalized spacial score (nSPS) is 19.7. The third kappa shape index (κ3) is 3.95. The van der Waals surface area contributed by atoms with Crippen LogP contribution in [0.25, 0.3) is 0 Å². The number of benzene rings is 1. The van der Waals surface area contributed by atoms with Crippen LogP contribution < -0.4 is 5.32 Å². The molecule has 0 spiro atoms. The lowest BCUT2D eigenvalue weighted by Crippen LogP contribution is -2.38. The quantitative estimate of drug-likeness (QED) is 0.906. The summed E-state index contributed by atoms with van der Waals surface area (Å²) in [6.07, 6.45) is 0.244. The van der Waals surface area contributed by atoms with Crippen LogP contribution in [0.3, 0.4) is 0 Å². The molecule has 1 fully saturated rings. The largest absolute Gasteiger partial charge is 0.383 e. The molecule has 1 saturated heterocycles. The number of hydrogen-bond acceptors (Lipinski definition) is 3. The number of ether oxygens (including phenoxy) is 1. The number of amides is 2. The molecule has 1 aliphatic heterocycles. The first-order chi connectivity index (χ1) is 10.0. The molecule has 0 aliphatic carbocycles. The van der Waals surface area contributed by atoms with Gasteiger partial charge in [0.25, 0.3) is 0 Å². The predicted molar refractivity (Wildman–Crippen MR) is 81.2 cm³/mol. The molecule has 1 aromatic rings. The molecule has 1 heterocycles.